The highest BCUT2D eigenvalue weighted by atomic mass is 16.4. The maximum absolute atomic E-state index is 11.8. The zero-order chi connectivity index (χ0) is 13.9. The number of amides is 1. The first kappa shape index (κ1) is 14.0. The lowest BCUT2D eigenvalue weighted by atomic mass is 10.0. The number of rotatable bonds is 5. The minimum Gasteiger partial charge on any atom is -0.480 e. The van der Waals surface area contributed by atoms with Gasteiger partial charge in [-0.15, -0.1) is 0 Å². The number of carboxylic acid groups (broad SMARTS) is 1. The molecule has 1 heterocycles. The van der Waals surface area contributed by atoms with Crippen LogP contribution in [0.5, 0.6) is 0 Å². The van der Waals surface area contributed by atoms with Crippen LogP contribution in [-0.4, -0.2) is 33.8 Å². The second kappa shape index (κ2) is 5.48. The van der Waals surface area contributed by atoms with Crippen molar-refractivity contribution in [2.45, 2.75) is 26.8 Å². The molecule has 0 aromatic carbocycles. The van der Waals surface area contributed by atoms with Crippen molar-refractivity contribution in [1.82, 2.24) is 10.3 Å². The number of aromatic nitrogens is 1. The molecule has 0 fully saturated rings. The van der Waals surface area contributed by atoms with Gasteiger partial charge >= 0.3 is 5.97 Å². The molecule has 0 saturated carbocycles. The summed E-state index contributed by atoms with van der Waals surface area (Å²) in [7, 11) is 0. The van der Waals surface area contributed by atoms with Crippen molar-refractivity contribution in [2.75, 3.05) is 0 Å². The maximum atomic E-state index is 11.8. The third-order valence-electron chi connectivity index (χ3n) is 2.55. The number of aromatic amines is 1. The monoisotopic (exact) mass is 252 g/mol. The zero-order valence-electron chi connectivity index (χ0n) is 10.5. The maximum Gasteiger partial charge on any atom is 0.326 e. The van der Waals surface area contributed by atoms with Crippen LogP contribution in [0.3, 0.4) is 0 Å². The molecule has 0 aliphatic rings. The van der Waals surface area contributed by atoms with E-state index >= 15 is 0 Å². The van der Waals surface area contributed by atoms with Gasteiger partial charge in [-0.3, -0.25) is 9.59 Å². The van der Waals surface area contributed by atoms with E-state index < -0.39 is 17.9 Å². The number of H-pyrrole nitrogens is 1. The van der Waals surface area contributed by atoms with E-state index in [4.69, 9.17) is 5.11 Å². The van der Waals surface area contributed by atoms with Gasteiger partial charge in [-0.25, -0.2) is 4.79 Å². The molecule has 1 amide bonds. The summed E-state index contributed by atoms with van der Waals surface area (Å²) in [5.74, 6) is -2.02. The van der Waals surface area contributed by atoms with Gasteiger partial charge in [0, 0.05) is 11.8 Å². The third-order valence-corrected chi connectivity index (χ3v) is 2.55. The van der Waals surface area contributed by atoms with E-state index in [-0.39, 0.29) is 17.4 Å². The van der Waals surface area contributed by atoms with Crippen LogP contribution in [0.1, 0.15) is 41.6 Å². The fourth-order valence-electron chi connectivity index (χ4n) is 1.46. The van der Waals surface area contributed by atoms with E-state index in [0.717, 1.165) is 0 Å². The topological polar surface area (TPSA) is 99.3 Å². The van der Waals surface area contributed by atoms with Crippen molar-refractivity contribution >= 4 is 17.7 Å². The first-order valence-corrected chi connectivity index (χ1v) is 5.56. The fraction of sp³-hybridized carbons (Fsp3) is 0.417. The van der Waals surface area contributed by atoms with Crippen LogP contribution in [0.15, 0.2) is 12.3 Å². The summed E-state index contributed by atoms with van der Waals surface area (Å²) in [5, 5.41) is 11.4. The Kier molecular flexibility index (Phi) is 4.25. The fourth-order valence-corrected chi connectivity index (χ4v) is 1.46. The SMILES string of the molecule is CC(=O)c1c[nH]c(C(=O)NC(C(=O)O)C(C)C)c1. The minimum absolute atomic E-state index is 0.163. The molecule has 1 aromatic heterocycles. The lowest BCUT2D eigenvalue weighted by molar-refractivity contribution is -0.140. The highest BCUT2D eigenvalue weighted by Gasteiger charge is 2.24. The summed E-state index contributed by atoms with van der Waals surface area (Å²) in [6.45, 7) is 4.79. The average Bonchev–Trinajstić information content (AvgIpc) is 2.73. The molecule has 0 bridgehead atoms. The normalized spacial score (nSPS) is 12.2. The summed E-state index contributed by atoms with van der Waals surface area (Å²) in [4.78, 5) is 36.4. The molecule has 0 spiro atoms. The van der Waals surface area contributed by atoms with Gasteiger partial charge in [-0.2, -0.15) is 0 Å². The van der Waals surface area contributed by atoms with Gasteiger partial charge in [0.15, 0.2) is 5.78 Å². The number of Topliss-reactive ketones (excluding diaryl/α,β-unsaturated/α-hetero) is 1. The summed E-state index contributed by atoms with van der Waals surface area (Å²) in [6.07, 6.45) is 1.42. The van der Waals surface area contributed by atoms with Gasteiger partial charge in [-0.1, -0.05) is 13.8 Å². The van der Waals surface area contributed by atoms with Crippen molar-refractivity contribution in [2.24, 2.45) is 5.92 Å². The predicted octanol–water partition coefficient (Wildman–Crippen LogP) is 1.06. The van der Waals surface area contributed by atoms with Gasteiger partial charge in [0.2, 0.25) is 0 Å². The zero-order valence-corrected chi connectivity index (χ0v) is 10.5. The Bertz CT molecular complexity index is 476. The Morgan fingerprint density at radius 2 is 1.94 bits per heavy atom. The predicted molar refractivity (Wildman–Crippen MR) is 64.5 cm³/mol. The average molecular weight is 252 g/mol. The molecule has 6 heteroatoms. The van der Waals surface area contributed by atoms with Gasteiger partial charge in [0.1, 0.15) is 11.7 Å². The first-order valence-electron chi connectivity index (χ1n) is 5.56. The third kappa shape index (κ3) is 3.19. The lowest BCUT2D eigenvalue weighted by Gasteiger charge is -2.17. The van der Waals surface area contributed by atoms with Crippen LogP contribution in [-0.2, 0) is 4.79 Å². The standard InChI is InChI=1S/C12H16N2O4/c1-6(2)10(12(17)18)14-11(16)9-4-8(5-13-9)7(3)15/h4-6,10,13H,1-3H3,(H,14,16)(H,17,18). The molecule has 0 aliphatic heterocycles. The van der Waals surface area contributed by atoms with Crippen LogP contribution in [0.25, 0.3) is 0 Å². The van der Waals surface area contributed by atoms with Crippen LogP contribution in [0, 0.1) is 5.92 Å². The minimum atomic E-state index is -1.09. The molecular formula is C12H16N2O4. The number of ketones is 1. The van der Waals surface area contributed by atoms with Crippen molar-refractivity contribution < 1.29 is 19.5 Å². The second-order valence-electron chi connectivity index (χ2n) is 4.39. The molecule has 1 rings (SSSR count). The van der Waals surface area contributed by atoms with E-state index in [1.165, 1.54) is 19.2 Å². The van der Waals surface area contributed by atoms with Gasteiger partial charge < -0.3 is 15.4 Å². The molecular weight excluding hydrogens is 236 g/mol. The smallest absolute Gasteiger partial charge is 0.326 e. The lowest BCUT2D eigenvalue weighted by Crippen LogP contribution is -2.44. The molecule has 1 aromatic rings. The quantitative estimate of drug-likeness (QED) is 0.682. The second-order valence-corrected chi connectivity index (χ2v) is 4.39. The summed E-state index contributed by atoms with van der Waals surface area (Å²) in [5.41, 5.74) is 0.559. The van der Waals surface area contributed by atoms with Gasteiger partial charge in [-0.05, 0) is 18.9 Å². The summed E-state index contributed by atoms with van der Waals surface area (Å²) in [6, 6.07) is 0.443. The van der Waals surface area contributed by atoms with E-state index in [1.807, 2.05) is 0 Å². The van der Waals surface area contributed by atoms with E-state index in [0.29, 0.717) is 5.56 Å². The largest absolute Gasteiger partial charge is 0.480 e. The Balaban J connectivity index is 2.80. The number of hydrogen-bond acceptors (Lipinski definition) is 3. The van der Waals surface area contributed by atoms with Gasteiger partial charge in [0.05, 0.1) is 0 Å². The number of carbonyl (C=O) groups is 3. The van der Waals surface area contributed by atoms with E-state index in [1.54, 1.807) is 13.8 Å². The van der Waals surface area contributed by atoms with Crippen molar-refractivity contribution in [3.05, 3.63) is 23.5 Å². The first-order chi connectivity index (χ1) is 8.32. The molecule has 3 N–H and O–H groups in total. The molecule has 98 valence electrons. The summed E-state index contributed by atoms with van der Waals surface area (Å²) < 4.78 is 0. The van der Waals surface area contributed by atoms with Crippen LogP contribution >= 0.6 is 0 Å². The Hall–Kier alpha value is -2.11. The molecule has 0 radical (unpaired) electrons. The summed E-state index contributed by atoms with van der Waals surface area (Å²) >= 11 is 0. The number of nitrogens with one attached hydrogen (secondary N) is 2. The molecule has 18 heavy (non-hydrogen) atoms. The Morgan fingerprint density at radius 1 is 1.33 bits per heavy atom. The molecule has 0 aliphatic carbocycles. The highest BCUT2D eigenvalue weighted by Crippen LogP contribution is 2.07. The van der Waals surface area contributed by atoms with Crippen LogP contribution < -0.4 is 5.32 Å². The van der Waals surface area contributed by atoms with Crippen LogP contribution in [0.4, 0.5) is 0 Å². The van der Waals surface area contributed by atoms with Gasteiger partial charge in [0.25, 0.3) is 5.91 Å². The number of hydrogen-bond donors (Lipinski definition) is 3. The van der Waals surface area contributed by atoms with Crippen molar-refractivity contribution in [1.29, 1.82) is 0 Å². The molecule has 0 saturated heterocycles. The number of carboxylic acids is 1. The highest BCUT2D eigenvalue weighted by molar-refractivity contribution is 6.00. The number of aliphatic carboxylic acids is 1. The molecule has 1 atom stereocenters. The Morgan fingerprint density at radius 3 is 2.33 bits per heavy atom. The van der Waals surface area contributed by atoms with Crippen molar-refractivity contribution in [3.63, 3.8) is 0 Å². The molecule has 6 nitrogen and oxygen atoms in total. The van der Waals surface area contributed by atoms with Crippen molar-refractivity contribution in [3.8, 4) is 0 Å². The number of carbonyl (C=O) groups excluding carboxylic acids is 2. The van der Waals surface area contributed by atoms with E-state index in [9.17, 15) is 14.4 Å². The molecule has 1 unspecified atom stereocenters. The van der Waals surface area contributed by atoms with E-state index in [2.05, 4.69) is 10.3 Å². The Labute approximate surface area is 104 Å². The van der Waals surface area contributed by atoms with Crippen LogP contribution in [0.2, 0.25) is 0 Å².